The average Bonchev–Trinajstić information content (AvgIpc) is 3.56. The van der Waals surface area contributed by atoms with E-state index in [9.17, 15) is 14.0 Å². The van der Waals surface area contributed by atoms with E-state index in [0.29, 0.717) is 75.7 Å². The summed E-state index contributed by atoms with van der Waals surface area (Å²) in [6.45, 7) is 1.86. The standard InChI is InChI=1S/C30H25ClFN5O4/c1-30(29-34-22-13-9-19(32)15-24(22)35-29)16-25(36-41-30)17-6-12-21-23(14-17)33-26(4-2-3-5-27(38)39)37(28(21)40)20-10-7-18(31)8-11-20/h6-15H,2-5,16H2,1H3,(H,34,35)(H,38,39)/t30-/m1/s1. The maximum absolute atomic E-state index is 13.7. The van der Waals surface area contributed by atoms with E-state index in [4.69, 9.17) is 26.5 Å². The fourth-order valence-corrected chi connectivity index (χ4v) is 5.17. The molecule has 3 aromatic carbocycles. The van der Waals surface area contributed by atoms with Crippen molar-refractivity contribution < 1.29 is 19.1 Å². The Bertz CT molecular complexity index is 1900. The summed E-state index contributed by atoms with van der Waals surface area (Å²) in [5.74, 6) is -0.165. The van der Waals surface area contributed by atoms with Gasteiger partial charge in [0.25, 0.3) is 5.56 Å². The topological polar surface area (TPSA) is 122 Å². The highest BCUT2D eigenvalue weighted by Gasteiger charge is 2.39. The van der Waals surface area contributed by atoms with Crippen LogP contribution in [0, 0.1) is 5.82 Å². The molecule has 208 valence electrons. The van der Waals surface area contributed by atoms with Gasteiger partial charge in [0.15, 0.2) is 11.4 Å². The maximum Gasteiger partial charge on any atom is 0.303 e. The minimum absolute atomic E-state index is 0.0433. The van der Waals surface area contributed by atoms with E-state index in [2.05, 4.69) is 15.1 Å². The number of hydrogen-bond donors (Lipinski definition) is 2. The lowest BCUT2D eigenvalue weighted by Crippen LogP contribution is -2.25. The van der Waals surface area contributed by atoms with E-state index in [1.165, 1.54) is 12.1 Å². The van der Waals surface area contributed by atoms with Crippen molar-refractivity contribution in [3.63, 3.8) is 0 Å². The first kappa shape index (κ1) is 26.6. The number of nitrogens with zero attached hydrogens (tertiary/aromatic N) is 4. The molecule has 1 aliphatic heterocycles. The molecular weight excluding hydrogens is 549 g/mol. The summed E-state index contributed by atoms with van der Waals surface area (Å²) in [5.41, 5.74) is 2.61. The summed E-state index contributed by atoms with van der Waals surface area (Å²) >= 11 is 6.07. The molecule has 5 aromatic rings. The molecule has 1 aliphatic rings. The number of unbranched alkanes of at least 4 members (excludes halogenated alkanes) is 1. The largest absolute Gasteiger partial charge is 0.481 e. The van der Waals surface area contributed by atoms with Gasteiger partial charge in [-0.15, -0.1) is 0 Å². The third kappa shape index (κ3) is 5.18. The Morgan fingerprint density at radius 3 is 2.68 bits per heavy atom. The van der Waals surface area contributed by atoms with Crippen LogP contribution in [-0.2, 0) is 21.7 Å². The number of H-pyrrole nitrogens is 1. The second-order valence-electron chi connectivity index (χ2n) is 10.3. The number of carboxylic acid groups (broad SMARTS) is 1. The lowest BCUT2D eigenvalue weighted by atomic mass is 9.95. The van der Waals surface area contributed by atoms with E-state index in [-0.39, 0.29) is 17.8 Å². The lowest BCUT2D eigenvalue weighted by Gasteiger charge is -2.18. The molecule has 0 aliphatic carbocycles. The molecule has 0 fully saturated rings. The number of carboxylic acids is 1. The highest BCUT2D eigenvalue weighted by atomic mass is 35.5. The van der Waals surface area contributed by atoms with Crippen molar-refractivity contribution in [3.05, 3.63) is 99.1 Å². The minimum atomic E-state index is -0.888. The van der Waals surface area contributed by atoms with Gasteiger partial charge in [-0.2, -0.15) is 0 Å². The maximum atomic E-state index is 13.7. The van der Waals surface area contributed by atoms with Gasteiger partial charge in [-0.05, 0) is 74.4 Å². The third-order valence-corrected chi connectivity index (χ3v) is 7.46. The van der Waals surface area contributed by atoms with Crippen LogP contribution in [0.25, 0.3) is 27.6 Å². The predicted molar refractivity (Wildman–Crippen MR) is 153 cm³/mol. The van der Waals surface area contributed by atoms with Gasteiger partial charge in [-0.3, -0.25) is 14.2 Å². The number of halogens is 2. The number of imidazole rings is 1. The van der Waals surface area contributed by atoms with Crippen LogP contribution < -0.4 is 5.56 Å². The van der Waals surface area contributed by atoms with E-state index in [1.54, 1.807) is 41.0 Å². The third-order valence-electron chi connectivity index (χ3n) is 7.20. The van der Waals surface area contributed by atoms with E-state index < -0.39 is 11.6 Å². The summed E-state index contributed by atoms with van der Waals surface area (Å²) in [4.78, 5) is 43.1. The fourth-order valence-electron chi connectivity index (χ4n) is 5.05. The summed E-state index contributed by atoms with van der Waals surface area (Å²) in [6.07, 6.45) is 1.87. The molecular formula is C30H25ClFN5O4. The van der Waals surface area contributed by atoms with Crippen molar-refractivity contribution in [1.29, 1.82) is 0 Å². The Morgan fingerprint density at radius 1 is 1.10 bits per heavy atom. The number of carbonyl (C=O) groups is 1. The normalized spacial score (nSPS) is 16.7. The zero-order chi connectivity index (χ0) is 28.7. The van der Waals surface area contributed by atoms with Gasteiger partial charge >= 0.3 is 5.97 Å². The molecule has 0 spiro atoms. The van der Waals surface area contributed by atoms with Crippen LogP contribution in [0.15, 0.2) is 70.6 Å². The summed E-state index contributed by atoms with van der Waals surface area (Å²) in [5, 5.41) is 14.3. The van der Waals surface area contributed by atoms with Crippen molar-refractivity contribution in [2.24, 2.45) is 5.16 Å². The molecule has 3 heterocycles. The van der Waals surface area contributed by atoms with Gasteiger partial charge in [0.1, 0.15) is 11.6 Å². The molecule has 0 saturated carbocycles. The molecule has 2 aromatic heterocycles. The number of aryl methyl sites for hydroxylation is 1. The van der Waals surface area contributed by atoms with E-state index in [0.717, 1.165) is 5.56 Å². The number of aliphatic carboxylic acids is 1. The minimum Gasteiger partial charge on any atom is -0.481 e. The van der Waals surface area contributed by atoms with Crippen LogP contribution >= 0.6 is 11.6 Å². The molecule has 0 unspecified atom stereocenters. The van der Waals surface area contributed by atoms with Gasteiger partial charge in [-0.25, -0.2) is 14.4 Å². The Balaban J connectivity index is 1.34. The smallest absolute Gasteiger partial charge is 0.303 e. The molecule has 1 atom stereocenters. The van der Waals surface area contributed by atoms with Gasteiger partial charge in [0, 0.05) is 29.8 Å². The fraction of sp³-hybridized carbons (Fsp3) is 0.233. The van der Waals surface area contributed by atoms with E-state index >= 15 is 0 Å². The SMILES string of the molecule is C[C@]1(c2nc3ccc(F)cc3[nH]2)CC(c2ccc3c(=O)n(-c4ccc(Cl)cc4)c(CCCCC(=O)O)nc3c2)=NO1. The predicted octanol–water partition coefficient (Wildman–Crippen LogP) is 5.89. The van der Waals surface area contributed by atoms with Gasteiger partial charge in [0.2, 0.25) is 0 Å². The molecule has 9 nitrogen and oxygen atoms in total. The summed E-state index contributed by atoms with van der Waals surface area (Å²) in [6, 6.07) is 16.6. The van der Waals surface area contributed by atoms with Gasteiger partial charge in [-0.1, -0.05) is 22.8 Å². The highest BCUT2D eigenvalue weighted by molar-refractivity contribution is 6.30. The van der Waals surface area contributed by atoms with Crippen molar-refractivity contribution in [2.75, 3.05) is 0 Å². The van der Waals surface area contributed by atoms with E-state index in [1.807, 2.05) is 19.1 Å². The second-order valence-corrected chi connectivity index (χ2v) is 10.7. The number of nitrogens with one attached hydrogen (secondary N) is 1. The number of fused-ring (bicyclic) bond motifs is 2. The van der Waals surface area contributed by atoms with Crippen molar-refractivity contribution in [1.82, 2.24) is 19.5 Å². The van der Waals surface area contributed by atoms with Crippen LogP contribution in [-0.4, -0.2) is 36.3 Å². The second kappa shape index (κ2) is 10.4. The zero-order valence-corrected chi connectivity index (χ0v) is 22.8. The first-order valence-electron chi connectivity index (χ1n) is 13.1. The van der Waals surface area contributed by atoms with Gasteiger partial charge < -0.3 is 14.9 Å². The Hall–Kier alpha value is -4.57. The van der Waals surface area contributed by atoms with Crippen molar-refractivity contribution in [3.8, 4) is 5.69 Å². The van der Waals surface area contributed by atoms with Gasteiger partial charge in [0.05, 0.1) is 33.3 Å². The molecule has 11 heteroatoms. The monoisotopic (exact) mass is 573 g/mol. The number of oxime groups is 1. The first-order chi connectivity index (χ1) is 19.7. The lowest BCUT2D eigenvalue weighted by molar-refractivity contribution is -0.137. The number of rotatable bonds is 8. The number of aromatic amines is 1. The van der Waals surface area contributed by atoms with Crippen LogP contribution in [0.4, 0.5) is 4.39 Å². The molecule has 2 N–H and O–H groups in total. The molecule has 41 heavy (non-hydrogen) atoms. The Morgan fingerprint density at radius 2 is 1.90 bits per heavy atom. The molecule has 6 rings (SSSR count). The average molecular weight is 574 g/mol. The number of benzene rings is 3. The Kier molecular flexibility index (Phi) is 6.78. The summed E-state index contributed by atoms with van der Waals surface area (Å²) in [7, 11) is 0. The quantitative estimate of drug-likeness (QED) is 0.223. The van der Waals surface area contributed by atoms with Crippen molar-refractivity contribution >= 4 is 45.2 Å². The molecule has 0 bridgehead atoms. The van der Waals surface area contributed by atoms with Crippen LogP contribution in [0.2, 0.25) is 5.02 Å². The van der Waals surface area contributed by atoms with Crippen LogP contribution in [0.3, 0.4) is 0 Å². The number of aromatic nitrogens is 4. The van der Waals surface area contributed by atoms with Crippen LogP contribution in [0.1, 0.15) is 49.8 Å². The van der Waals surface area contributed by atoms with Crippen molar-refractivity contribution in [2.45, 2.75) is 44.6 Å². The Labute approximate surface area is 238 Å². The van der Waals surface area contributed by atoms with Crippen LogP contribution in [0.5, 0.6) is 0 Å². The number of hydrogen-bond acceptors (Lipinski definition) is 6. The molecule has 0 saturated heterocycles. The molecule has 0 amide bonds. The zero-order valence-electron chi connectivity index (χ0n) is 22.0. The summed E-state index contributed by atoms with van der Waals surface area (Å²) < 4.78 is 15.2. The molecule has 0 radical (unpaired) electrons. The first-order valence-corrected chi connectivity index (χ1v) is 13.5. The highest BCUT2D eigenvalue weighted by Crippen LogP contribution is 2.36.